The number of aliphatic hydroxyl groups is 2. The summed E-state index contributed by atoms with van der Waals surface area (Å²) in [6.07, 6.45) is -3.61. The van der Waals surface area contributed by atoms with Crippen LogP contribution in [-0.2, 0) is 20.8 Å². The van der Waals surface area contributed by atoms with Gasteiger partial charge in [-0.2, -0.15) is 0 Å². The van der Waals surface area contributed by atoms with Crippen LogP contribution in [0.1, 0.15) is 22.8 Å². The molecular formula is C22H26O6S. The molecule has 5 atom stereocenters. The van der Waals surface area contributed by atoms with Crippen LogP contribution < -0.4 is 0 Å². The van der Waals surface area contributed by atoms with E-state index in [1.165, 1.54) is 11.8 Å². The number of ether oxygens (including phenoxy) is 3. The van der Waals surface area contributed by atoms with E-state index in [-0.39, 0.29) is 13.2 Å². The Kier molecular flexibility index (Phi) is 8.09. The molecule has 0 amide bonds. The van der Waals surface area contributed by atoms with Crippen LogP contribution in [0.25, 0.3) is 0 Å². The monoisotopic (exact) mass is 418 g/mol. The van der Waals surface area contributed by atoms with Gasteiger partial charge in [0, 0.05) is 0 Å². The summed E-state index contributed by atoms with van der Waals surface area (Å²) in [5, 5.41) is 20.8. The molecule has 7 heteroatoms. The van der Waals surface area contributed by atoms with E-state index in [4.69, 9.17) is 14.2 Å². The van der Waals surface area contributed by atoms with Crippen LogP contribution in [0.5, 0.6) is 0 Å². The van der Waals surface area contributed by atoms with Crippen molar-refractivity contribution >= 4 is 17.7 Å². The van der Waals surface area contributed by atoms with Gasteiger partial charge in [-0.3, -0.25) is 0 Å². The molecule has 156 valence electrons. The Bertz CT molecular complexity index is 756. The van der Waals surface area contributed by atoms with Crippen LogP contribution in [0.2, 0.25) is 0 Å². The molecular weight excluding hydrogens is 392 g/mol. The van der Waals surface area contributed by atoms with Crippen molar-refractivity contribution in [2.75, 3.05) is 12.4 Å². The fraction of sp³-hybridized carbons (Fsp3) is 0.409. The van der Waals surface area contributed by atoms with Gasteiger partial charge in [0.1, 0.15) is 23.7 Å². The standard InChI is InChI=1S/C22H26O6S/c1-2-29-22-20(28-21(25)16-11-7-4-8-12-16)18(24)19(17(13-23)27-22)26-14-15-9-5-3-6-10-15/h3-12,17-20,22-24H,2,13-14H2,1H3. The first-order chi connectivity index (χ1) is 14.1. The summed E-state index contributed by atoms with van der Waals surface area (Å²) in [6.45, 7) is 1.88. The molecule has 2 aromatic rings. The van der Waals surface area contributed by atoms with Crippen LogP contribution in [0.4, 0.5) is 0 Å². The molecule has 2 N–H and O–H groups in total. The van der Waals surface area contributed by atoms with Crippen LogP contribution >= 0.6 is 11.8 Å². The SMILES string of the molecule is CCSC1OC(CO)C(OCc2ccccc2)C(O)C1OC(=O)c1ccccc1. The molecule has 0 bridgehead atoms. The van der Waals surface area contributed by atoms with Crippen LogP contribution in [0, 0.1) is 0 Å². The highest BCUT2D eigenvalue weighted by molar-refractivity contribution is 7.99. The van der Waals surface area contributed by atoms with Gasteiger partial charge >= 0.3 is 5.97 Å². The number of thioether (sulfide) groups is 1. The van der Waals surface area contributed by atoms with Crippen LogP contribution in [0.15, 0.2) is 60.7 Å². The van der Waals surface area contributed by atoms with E-state index in [9.17, 15) is 15.0 Å². The van der Waals surface area contributed by atoms with E-state index in [1.54, 1.807) is 24.3 Å². The Balaban J connectivity index is 1.75. The second kappa shape index (κ2) is 10.8. The van der Waals surface area contributed by atoms with Crippen molar-refractivity contribution in [2.45, 2.75) is 43.4 Å². The van der Waals surface area contributed by atoms with Crippen molar-refractivity contribution in [2.24, 2.45) is 0 Å². The van der Waals surface area contributed by atoms with Crippen LogP contribution in [0.3, 0.4) is 0 Å². The Hall–Kier alpha value is -1.90. The fourth-order valence-corrected chi connectivity index (χ4v) is 4.16. The number of hydrogen-bond donors (Lipinski definition) is 2. The van der Waals surface area contributed by atoms with Crippen molar-refractivity contribution in [3.05, 3.63) is 71.8 Å². The first kappa shape index (κ1) is 21.8. The zero-order valence-electron chi connectivity index (χ0n) is 16.2. The summed E-state index contributed by atoms with van der Waals surface area (Å²) in [5.74, 6) is 0.161. The minimum atomic E-state index is -1.14. The van der Waals surface area contributed by atoms with Gasteiger partial charge in [0.2, 0.25) is 0 Å². The molecule has 0 spiro atoms. The van der Waals surface area contributed by atoms with Crippen molar-refractivity contribution in [1.29, 1.82) is 0 Å². The third kappa shape index (κ3) is 5.58. The highest BCUT2D eigenvalue weighted by atomic mass is 32.2. The second-order valence-corrected chi connectivity index (χ2v) is 8.04. The number of rotatable bonds is 8. The normalized spacial score (nSPS) is 26.8. The maximum absolute atomic E-state index is 12.6. The average Bonchev–Trinajstić information content (AvgIpc) is 2.76. The molecule has 29 heavy (non-hydrogen) atoms. The smallest absolute Gasteiger partial charge is 0.338 e. The first-order valence-electron chi connectivity index (χ1n) is 9.61. The minimum Gasteiger partial charge on any atom is -0.452 e. The minimum absolute atomic E-state index is 0.243. The number of benzene rings is 2. The molecule has 0 radical (unpaired) electrons. The third-order valence-electron chi connectivity index (χ3n) is 4.67. The van der Waals surface area contributed by atoms with E-state index in [2.05, 4.69) is 0 Å². The van der Waals surface area contributed by atoms with E-state index < -0.39 is 35.8 Å². The predicted molar refractivity (Wildman–Crippen MR) is 111 cm³/mol. The molecule has 0 aliphatic carbocycles. The Morgan fingerprint density at radius 2 is 1.72 bits per heavy atom. The zero-order valence-corrected chi connectivity index (χ0v) is 17.0. The molecule has 3 rings (SSSR count). The highest BCUT2D eigenvalue weighted by Gasteiger charge is 2.48. The molecule has 6 nitrogen and oxygen atoms in total. The van der Waals surface area contributed by atoms with E-state index in [1.807, 2.05) is 43.3 Å². The molecule has 1 heterocycles. The molecule has 1 aliphatic rings. The largest absolute Gasteiger partial charge is 0.452 e. The van der Waals surface area contributed by atoms with Crippen LogP contribution in [-0.4, -0.2) is 58.4 Å². The summed E-state index contributed by atoms with van der Waals surface area (Å²) in [7, 11) is 0. The maximum Gasteiger partial charge on any atom is 0.338 e. The van der Waals surface area contributed by atoms with Gasteiger partial charge in [0.15, 0.2) is 6.10 Å². The molecule has 5 unspecified atom stereocenters. The molecule has 1 fully saturated rings. The molecule has 0 saturated carbocycles. The highest BCUT2D eigenvalue weighted by Crippen LogP contribution is 2.32. The molecule has 1 saturated heterocycles. The third-order valence-corrected chi connectivity index (χ3v) is 5.71. The number of carbonyl (C=O) groups excluding carboxylic acids is 1. The number of esters is 1. The second-order valence-electron chi connectivity index (χ2n) is 6.67. The van der Waals surface area contributed by atoms with E-state index in [0.29, 0.717) is 11.3 Å². The van der Waals surface area contributed by atoms with Gasteiger partial charge in [-0.25, -0.2) is 4.79 Å². The van der Waals surface area contributed by atoms with Gasteiger partial charge in [-0.1, -0.05) is 55.5 Å². The van der Waals surface area contributed by atoms with Crippen molar-refractivity contribution in [3.63, 3.8) is 0 Å². The van der Waals surface area contributed by atoms with E-state index in [0.717, 1.165) is 5.56 Å². The van der Waals surface area contributed by atoms with E-state index >= 15 is 0 Å². The number of carbonyl (C=O) groups is 1. The Morgan fingerprint density at radius 1 is 1.07 bits per heavy atom. The predicted octanol–water partition coefficient (Wildman–Crippen LogP) is 2.63. The summed E-state index contributed by atoms with van der Waals surface area (Å²) in [4.78, 5) is 12.6. The Labute approximate surface area is 174 Å². The molecule has 0 aromatic heterocycles. The van der Waals surface area contributed by atoms with Gasteiger partial charge < -0.3 is 24.4 Å². The molecule has 2 aromatic carbocycles. The zero-order chi connectivity index (χ0) is 20.6. The Morgan fingerprint density at radius 3 is 2.34 bits per heavy atom. The van der Waals surface area contributed by atoms with Gasteiger partial charge in [-0.05, 0) is 23.4 Å². The summed E-state index contributed by atoms with van der Waals surface area (Å²) in [5.41, 5.74) is 0.724. The average molecular weight is 419 g/mol. The summed E-state index contributed by atoms with van der Waals surface area (Å²) in [6, 6.07) is 18.1. The van der Waals surface area contributed by atoms with Gasteiger partial charge in [0.25, 0.3) is 0 Å². The maximum atomic E-state index is 12.6. The topological polar surface area (TPSA) is 85.2 Å². The van der Waals surface area contributed by atoms with Gasteiger partial charge in [-0.15, -0.1) is 11.8 Å². The van der Waals surface area contributed by atoms with Crippen molar-refractivity contribution in [3.8, 4) is 0 Å². The summed E-state index contributed by atoms with van der Waals surface area (Å²) >= 11 is 1.41. The first-order valence-corrected chi connectivity index (χ1v) is 10.7. The van der Waals surface area contributed by atoms with Crippen molar-refractivity contribution < 1.29 is 29.2 Å². The summed E-state index contributed by atoms with van der Waals surface area (Å²) < 4.78 is 17.5. The number of hydrogen-bond acceptors (Lipinski definition) is 7. The molecule has 1 aliphatic heterocycles. The van der Waals surface area contributed by atoms with Crippen molar-refractivity contribution in [1.82, 2.24) is 0 Å². The lowest BCUT2D eigenvalue weighted by Gasteiger charge is -2.43. The number of aliphatic hydroxyl groups excluding tert-OH is 2. The van der Waals surface area contributed by atoms with Gasteiger partial charge in [0.05, 0.1) is 18.8 Å². The lowest BCUT2D eigenvalue weighted by Crippen LogP contribution is -2.59. The lowest BCUT2D eigenvalue weighted by molar-refractivity contribution is -0.224. The fourth-order valence-electron chi connectivity index (χ4n) is 3.20. The quantitative estimate of drug-likeness (QED) is 0.638. The lowest BCUT2D eigenvalue weighted by atomic mass is 9.99.